The van der Waals surface area contributed by atoms with Crippen LogP contribution in [0, 0.1) is 6.92 Å². The number of esters is 1. The molecule has 0 radical (unpaired) electrons. The summed E-state index contributed by atoms with van der Waals surface area (Å²) in [6.07, 6.45) is 0. The molecule has 8 heteroatoms. The average Bonchev–Trinajstić information content (AvgIpc) is 3.04. The molecule has 0 aliphatic heterocycles. The smallest absolute Gasteiger partial charge is 0.308 e. The topological polar surface area (TPSA) is 84.2 Å². The molecule has 0 bridgehead atoms. The first-order valence-corrected chi connectivity index (χ1v) is 9.36. The first-order valence-electron chi connectivity index (χ1n) is 8.57. The van der Waals surface area contributed by atoms with Gasteiger partial charge in [0.2, 0.25) is 5.75 Å². The molecular formula is C21H19BrO7. The number of ketones is 1. The molecule has 0 saturated carbocycles. The summed E-state index contributed by atoms with van der Waals surface area (Å²) in [6, 6.07) is 6.64. The molecule has 0 fully saturated rings. The van der Waals surface area contributed by atoms with E-state index < -0.39 is 5.97 Å². The largest absolute Gasteiger partial charge is 0.493 e. The van der Waals surface area contributed by atoms with Crippen molar-refractivity contribution in [2.75, 3.05) is 21.3 Å². The number of furan rings is 1. The zero-order valence-electron chi connectivity index (χ0n) is 16.5. The maximum Gasteiger partial charge on any atom is 0.308 e. The van der Waals surface area contributed by atoms with Gasteiger partial charge in [0.25, 0.3) is 0 Å². The van der Waals surface area contributed by atoms with Gasteiger partial charge in [0, 0.05) is 17.9 Å². The second-order valence-corrected chi connectivity index (χ2v) is 6.90. The molecule has 29 heavy (non-hydrogen) atoms. The van der Waals surface area contributed by atoms with Crippen LogP contribution in [0.3, 0.4) is 0 Å². The minimum Gasteiger partial charge on any atom is -0.493 e. The average molecular weight is 463 g/mol. The van der Waals surface area contributed by atoms with Crippen molar-refractivity contribution in [3.8, 4) is 23.0 Å². The first kappa shape index (κ1) is 20.7. The third-order valence-corrected chi connectivity index (χ3v) is 4.92. The summed E-state index contributed by atoms with van der Waals surface area (Å²) >= 11 is 3.32. The molecule has 0 unspecified atom stereocenters. The number of rotatable bonds is 6. The van der Waals surface area contributed by atoms with Crippen molar-refractivity contribution in [1.29, 1.82) is 0 Å². The number of ether oxygens (including phenoxy) is 4. The highest BCUT2D eigenvalue weighted by Gasteiger charge is 2.26. The van der Waals surface area contributed by atoms with Crippen LogP contribution in [0.4, 0.5) is 0 Å². The van der Waals surface area contributed by atoms with Gasteiger partial charge in [-0.05, 0) is 46.6 Å². The lowest BCUT2D eigenvalue weighted by molar-refractivity contribution is -0.131. The monoisotopic (exact) mass is 462 g/mol. The number of methoxy groups -OCH3 is 3. The van der Waals surface area contributed by atoms with E-state index in [9.17, 15) is 9.59 Å². The molecule has 0 atom stereocenters. The van der Waals surface area contributed by atoms with E-state index in [4.69, 9.17) is 23.4 Å². The van der Waals surface area contributed by atoms with Crippen molar-refractivity contribution < 1.29 is 33.0 Å². The molecule has 0 aliphatic carbocycles. The summed E-state index contributed by atoms with van der Waals surface area (Å²) in [7, 11) is 4.44. The Hall–Kier alpha value is -3.00. The Balaban J connectivity index is 2.20. The number of hydrogen-bond donors (Lipinski definition) is 0. The van der Waals surface area contributed by atoms with E-state index in [1.807, 2.05) is 0 Å². The number of benzene rings is 2. The summed E-state index contributed by atoms with van der Waals surface area (Å²) in [6.45, 7) is 3.09. The molecule has 7 nitrogen and oxygen atoms in total. The summed E-state index contributed by atoms with van der Waals surface area (Å²) in [5.41, 5.74) is 1.63. The highest BCUT2D eigenvalue weighted by molar-refractivity contribution is 9.10. The third kappa shape index (κ3) is 3.67. The molecule has 0 N–H and O–H groups in total. The number of halogens is 1. The van der Waals surface area contributed by atoms with E-state index in [-0.39, 0.29) is 16.2 Å². The lowest BCUT2D eigenvalue weighted by Crippen LogP contribution is -2.05. The van der Waals surface area contributed by atoms with Crippen molar-refractivity contribution >= 4 is 38.7 Å². The van der Waals surface area contributed by atoms with E-state index in [2.05, 4.69) is 15.9 Å². The van der Waals surface area contributed by atoms with Crippen LogP contribution >= 0.6 is 15.9 Å². The molecule has 152 valence electrons. The fraction of sp³-hybridized carbons (Fsp3) is 0.238. The second-order valence-electron chi connectivity index (χ2n) is 6.18. The zero-order chi connectivity index (χ0) is 21.3. The van der Waals surface area contributed by atoms with Crippen LogP contribution in [0.15, 0.2) is 33.4 Å². The molecule has 0 spiro atoms. The van der Waals surface area contributed by atoms with Gasteiger partial charge in [-0.15, -0.1) is 0 Å². The second kappa shape index (κ2) is 8.16. The molecule has 0 saturated heterocycles. The van der Waals surface area contributed by atoms with E-state index in [0.717, 1.165) is 0 Å². The Morgan fingerprint density at radius 1 is 0.966 bits per heavy atom. The van der Waals surface area contributed by atoms with E-state index in [0.29, 0.717) is 44.9 Å². The van der Waals surface area contributed by atoms with Gasteiger partial charge in [-0.3, -0.25) is 9.59 Å². The minimum atomic E-state index is -0.481. The van der Waals surface area contributed by atoms with Crippen molar-refractivity contribution in [3.63, 3.8) is 0 Å². The summed E-state index contributed by atoms with van der Waals surface area (Å²) in [4.78, 5) is 24.8. The van der Waals surface area contributed by atoms with Crippen LogP contribution < -0.4 is 18.9 Å². The molecule has 3 rings (SSSR count). The number of aryl methyl sites for hydroxylation is 1. The summed E-state index contributed by atoms with van der Waals surface area (Å²) in [5, 5.41) is 0.512. The van der Waals surface area contributed by atoms with E-state index in [1.54, 1.807) is 31.2 Å². The Morgan fingerprint density at radius 3 is 2.10 bits per heavy atom. The molecule has 1 heterocycles. The highest BCUT2D eigenvalue weighted by atomic mass is 79.9. The van der Waals surface area contributed by atoms with Crippen molar-refractivity contribution in [3.05, 3.63) is 45.6 Å². The van der Waals surface area contributed by atoms with Gasteiger partial charge in [-0.1, -0.05) is 6.07 Å². The molecular weight excluding hydrogens is 444 g/mol. The number of hydrogen-bond acceptors (Lipinski definition) is 7. The van der Waals surface area contributed by atoms with Crippen LogP contribution in [0.2, 0.25) is 0 Å². The minimum absolute atomic E-state index is 0.227. The Kier molecular flexibility index (Phi) is 5.83. The quantitative estimate of drug-likeness (QED) is 0.298. The molecule has 1 aromatic heterocycles. The van der Waals surface area contributed by atoms with Gasteiger partial charge in [0.15, 0.2) is 33.3 Å². The van der Waals surface area contributed by atoms with Gasteiger partial charge in [0.05, 0.1) is 26.9 Å². The van der Waals surface area contributed by atoms with E-state index in [1.165, 1.54) is 28.3 Å². The first-order chi connectivity index (χ1) is 13.8. The van der Waals surface area contributed by atoms with Crippen LogP contribution in [0.5, 0.6) is 23.0 Å². The predicted molar refractivity (Wildman–Crippen MR) is 109 cm³/mol. The summed E-state index contributed by atoms with van der Waals surface area (Å²) < 4.78 is 27.2. The van der Waals surface area contributed by atoms with Crippen LogP contribution in [-0.2, 0) is 4.79 Å². The predicted octanol–water partition coefficient (Wildman–Crippen LogP) is 4.69. The van der Waals surface area contributed by atoms with Crippen LogP contribution in [-0.4, -0.2) is 33.1 Å². The van der Waals surface area contributed by atoms with Crippen molar-refractivity contribution in [2.45, 2.75) is 13.8 Å². The van der Waals surface area contributed by atoms with Gasteiger partial charge < -0.3 is 23.4 Å². The van der Waals surface area contributed by atoms with Crippen LogP contribution in [0.25, 0.3) is 11.0 Å². The fourth-order valence-corrected chi connectivity index (χ4v) is 3.60. The maximum absolute atomic E-state index is 13.3. The van der Waals surface area contributed by atoms with Gasteiger partial charge >= 0.3 is 5.97 Å². The number of carbonyl (C=O) groups is 2. The lowest BCUT2D eigenvalue weighted by Gasteiger charge is -2.13. The standard InChI is InChI=1S/C21H19BrO7/c1-10-6-7-13-16(21(22)29-19(13)18(10)28-11(2)23)17(24)12-8-14(25-3)20(27-5)15(9-12)26-4/h6-9H,1-5H3. The van der Waals surface area contributed by atoms with E-state index >= 15 is 0 Å². The number of fused-ring (bicyclic) bond motifs is 1. The Bertz CT molecular complexity index is 1090. The van der Waals surface area contributed by atoms with Crippen molar-refractivity contribution in [1.82, 2.24) is 0 Å². The third-order valence-electron chi connectivity index (χ3n) is 4.37. The summed E-state index contributed by atoms with van der Waals surface area (Å²) in [5.74, 6) is 0.569. The molecule has 0 amide bonds. The Morgan fingerprint density at radius 2 is 1.59 bits per heavy atom. The highest BCUT2D eigenvalue weighted by Crippen LogP contribution is 2.42. The zero-order valence-corrected chi connectivity index (χ0v) is 18.1. The van der Waals surface area contributed by atoms with Gasteiger partial charge in [-0.25, -0.2) is 0 Å². The van der Waals surface area contributed by atoms with Crippen LogP contribution in [0.1, 0.15) is 28.4 Å². The molecule has 0 aliphatic rings. The fourth-order valence-electron chi connectivity index (χ4n) is 3.04. The van der Waals surface area contributed by atoms with Crippen molar-refractivity contribution in [2.24, 2.45) is 0 Å². The lowest BCUT2D eigenvalue weighted by atomic mass is 10.0. The number of carbonyl (C=O) groups excluding carboxylic acids is 2. The van der Waals surface area contributed by atoms with Gasteiger partial charge in [0.1, 0.15) is 0 Å². The normalized spacial score (nSPS) is 10.7. The maximum atomic E-state index is 13.3. The van der Waals surface area contributed by atoms with Gasteiger partial charge in [-0.2, -0.15) is 0 Å². The molecule has 2 aromatic carbocycles. The SMILES string of the molecule is COc1cc(C(=O)c2c(Br)oc3c(OC(C)=O)c(C)ccc23)cc(OC)c1OC. The Labute approximate surface area is 175 Å². The molecule has 3 aromatic rings.